The van der Waals surface area contributed by atoms with E-state index < -0.39 is 35.0 Å². The summed E-state index contributed by atoms with van der Waals surface area (Å²) in [5, 5.41) is -0.170. The third kappa shape index (κ3) is 4.63. The Kier molecular flexibility index (Phi) is 6.93. The third-order valence-electron chi connectivity index (χ3n) is 8.64. The first-order chi connectivity index (χ1) is 19.5. The maximum absolute atomic E-state index is 15.1. The van der Waals surface area contributed by atoms with Gasteiger partial charge in [0, 0.05) is 50.8 Å². The number of anilines is 1. The molecule has 4 aliphatic heterocycles. The molecule has 41 heavy (non-hydrogen) atoms. The van der Waals surface area contributed by atoms with Crippen LogP contribution in [0.1, 0.15) is 30.6 Å². The molecule has 218 valence electrons. The van der Waals surface area contributed by atoms with Gasteiger partial charge in [-0.15, -0.1) is 0 Å². The number of hydrogen-bond acceptors (Lipinski definition) is 6. The number of aromatic nitrogens is 1. The topological polar surface area (TPSA) is 69.2 Å². The number of pyridine rings is 1. The molecular formula is C29H31ClF3N5O3. The van der Waals surface area contributed by atoms with Gasteiger partial charge in [0.2, 0.25) is 5.91 Å². The third-order valence-corrected chi connectivity index (χ3v) is 8.99. The van der Waals surface area contributed by atoms with E-state index in [1.165, 1.54) is 12.1 Å². The number of fused-ring (bicyclic) bond motifs is 2. The number of hydrogen-bond donors (Lipinski definition) is 0. The average molecular weight is 590 g/mol. The molecular weight excluding hydrogens is 559 g/mol. The van der Waals surface area contributed by atoms with Gasteiger partial charge in [-0.3, -0.25) is 14.5 Å². The fourth-order valence-electron chi connectivity index (χ4n) is 6.44. The van der Waals surface area contributed by atoms with Crippen molar-refractivity contribution < 1.29 is 27.5 Å². The highest BCUT2D eigenvalue weighted by Gasteiger charge is 2.48. The minimum atomic E-state index is -0.869. The van der Waals surface area contributed by atoms with Gasteiger partial charge in [-0.05, 0) is 38.5 Å². The van der Waals surface area contributed by atoms with Gasteiger partial charge in [0.05, 0.1) is 11.6 Å². The van der Waals surface area contributed by atoms with Gasteiger partial charge in [-0.25, -0.2) is 18.2 Å². The summed E-state index contributed by atoms with van der Waals surface area (Å²) in [6, 6.07) is 3.01. The number of nitrogens with zero attached hydrogens (tertiary/aromatic N) is 5. The number of ether oxygens (including phenoxy) is 1. The predicted molar refractivity (Wildman–Crippen MR) is 148 cm³/mol. The van der Waals surface area contributed by atoms with Crippen LogP contribution in [0.2, 0.25) is 5.02 Å². The van der Waals surface area contributed by atoms with Crippen LogP contribution in [-0.2, 0) is 4.79 Å². The first kappa shape index (κ1) is 27.8. The molecule has 6 rings (SSSR count). The highest BCUT2D eigenvalue weighted by Crippen LogP contribution is 2.47. The van der Waals surface area contributed by atoms with Crippen molar-refractivity contribution in [1.29, 1.82) is 0 Å². The van der Waals surface area contributed by atoms with E-state index in [1.807, 2.05) is 18.7 Å². The van der Waals surface area contributed by atoms with Gasteiger partial charge in [-0.1, -0.05) is 24.2 Å². The van der Waals surface area contributed by atoms with E-state index >= 15 is 8.78 Å². The summed E-state index contributed by atoms with van der Waals surface area (Å²) in [4.78, 5) is 38.5. The molecule has 3 fully saturated rings. The highest BCUT2D eigenvalue weighted by molar-refractivity contribution is 6.35. The number of halogens is 4. The van der Waals surface area contributed by atoms with Crippen LogP contribution in [0.25, 0.3) is 11.3 Å². The number of likely N-dealkylation sites (tertiary alicyclic amines) is 1. The second kappa shape index (κ2) is 10.2. The highest BCUT2D eigenvalue weighted by atomic mass is 35.5. The fourth-order valence-corrected chi connectivity index (χ4v) is 6.73. The van der Waals surface area contributed by atoms with Crippen molar-refractivity contribution in [2.75, 3.05) is 50.8 Å². The van der Waals surface area contributed by atoms with Gasteiger partial charge >= 0.3 is 0 Å². The summed E-state index contributed by atoms with van der Waals surface area (Å²) in [6.07, 6.45) is 1.03. The zero-order valence-corrected chi connectivity index (χ0v) is 23.6. The number of amides is 2. The quantitative estimate of drug-likeness (QED) is 0.504. The Hall–Kier alpha value is -3.31. The van der Waals surface area contributed by atoms with Crippen molar-refractivity contribution >= 4 is 29.2 Å². The molecule has 1 unspecified atom stereocenters. The van der Waals surface area contributed by atoms with Crippen molar-refractivity contribution in [2.24, 2.45) is 0 Å². The van der Waals surface area contributed by atoms with Crippen LogP contribution in [-0.4, -0.2) is 101 Å². The lowest BCUT2D eigenvalue weighted by Gasteiger charge is -2.40. The second-order valence-electron chi connectivity index (χ2n) is 11.7. The predicted octanol–water partition coefficient (Wildman–Crippen LogP) is 3.92. The van der Waals surface area contributed by atoms with Crippen LogP contribution < -0.4 is 9.64 Å². The monoisotopic (exact) mass is 589 g/mol. The van der Waals surface area contributed by atoms with Crippen LogP contribution in [0.3, 0.4) is 0 Å². The van der Waals surface area contributed by atoms with Crippen molar-refractivity contribution in [2.45, 2.75) is 44.1 Å². The maximum atomic E-state index is 15.1. The molecule has 8 nitrogen and oxygen atoms in total. The van der Waals surface area contributed by atoms with E-state index in [4.69, 9.17) is 21.3 Å². The molecule has 1 aromatic heterocycles. The first-order valence-electron chi connectivity index (χ1n) is 13.7. The van der Waals surface area contributed by atoms with Crippen LogP contribution in [0.4, 0.5) is 19.0 Å². The minimum absolute atomic E-state index is 0.00165. The Morgan fingerprint density at radius 1 is 1.12 bits per heavy atom. The molecule has 2 aromatic rings. The summed E-state index contributed by atoms with van der Waals surface area (Å²) >= 11 is 6.78. The van der Waals surface area contributed by atoms with Gasteiger partial charge in [0.15, 0.2) is 5.75 Å². The molecule has 5 heterocycles. The molecule has 1 aromatic carbocycles. The summed E-state index contributed by atoms with van der Waals surface area (Å²) in [7, 11) is 0. The van der Waals surface area contributed by atoms with Crippen molar-refractivity contribution in [1.82, 2.24) is 19.7 Å². The summed E-state index contributed by atoms with van der Waals surface area (Å²) in [5.74, 6) is -2.12. The zero-order valence-electron chi connectivity index (χ0n) is 22.9. The lowest BCUT2D eigenvalue weighted by atomic mass is 9.97. The van der Waals surface area contributed by atoms with E-state index in [2.05, 4.69) is 11.5 Å². The van der Waals surface area contributed by atoms with E-state index in [0.717, 1.165) is 12.1 Å². The van der Waals surface area contributed by atoms with E-state index in [9.17, 15) is 14.0 Å². The van der Waals surface area contributed by atoms with E-state index in [1.54, 1.807) is 9.80 Å². The maximum Gasteiger partial charge on any atom is 0.261 e. The molecule has 2 amide bonds. The number of piperazine rings is 1. The number of rotatable bonds is 4. The Bertz CT molecular complexity index is 1410. The molecule has 0 N–H and O–H groups in total. The largest absolute Gasteiger partial charge is 0.489 e. The van der Waals surface area contributed by atoms with Crippen LogP contribution in [0, 0.1) is 11.6 Å². The lowest BCUT2D eigenvalue weighted by Crippen LogP contribution is -2.57. The number of carbonyl (C=O) groups excluding carboxylic acids is 2. The fraction of sp³-hybridized carbons (Fsp3) is 0.483. The van der Waals surface area contributed by atoms with Crippen LogP contribution >= 0.6 is 11.6 Å². The van der Waals surface area contributed by atoms with Crippen molar-refractivity contribution in [3.63, 3.8) is 0 Å². The van der Waals surface area contributed by atoms with Gasteiger partial charge in [-0.2, -0.15) is 0 Å². The van der Waals surface area contributed by atoms with Gasteiger partial charge in [0.1, 0.15) is 46.5 Å². The Labute approximate surface area is 241 Å². The minimum Gasteiger partial charge on any atom is -0.489 e. The smallest absolute Gasteiger partial charge is 0.261 e. The number of carbonyl (C=O) groups is 2. The zero-order chi connectivity index (χ0) is 29.2. The standard InChI is InChI=1S/C29H31ClF3N5O3/c1-4-21(39)35-8-9-37-18(13-35)15-41-26-23(28(37)40)27(34-25(24(26)30)22-19(32)6-5-7-20(22)33)38-14-17(10-29(38,2)3)36-11-16(31)12-36/h4-7,16-18H,1,8-15H2,2-3H3/t17?,18-/m1/s1. The molecule has 12 heteroatoms. The summed E-state index contributed by atoms with van der Waals surface area (Å²) in [6.45, 7) is 9.46. The first-order valence-corrected chi connectivity index (χ1v) is 14.1. The SMILES string of the molecule is C=CC(=O)N1CCN2C(=O)c3c(N4CC(N5CC(F)C5)CC4(C)C)nc(-c4c(F)cccc4F)c(Cl)c3OC[C@H]2C1. The second-order valence-corrected chi connectivity index (χ2v) is 12.1. The molecule has 3 saturated heterocycles. The molecule has 0 saturated carbocycles. The summed E-state index contributed by atoms with van der Waals surface area (Å²) in [5.41, 5.74) is -1.01. The molecule has 0 radical (unpaired) electrons. The Balaban J connectivity index is 1.49. The molecule has 4 aliphatic rings. The van der Waals surface area contributed by atoms with Crippen molar-refractivity contribution in [3.8, 4) is 17.0 Å². The molecule has 0 aliphatic carbocycles. The van der Waals surface area contributed by atoms with Crippen molar-refractivity contribution in [3.05, 3.63) is 53.1 Å². The molecule has 2 atom stereocenters. The van der Waals surface area contributed by atoms with Gasteiger partial charge < -0.3 is 19.4 Å². The molecule has 0 bridgehead atoms. The average Bonchev–Trinajstić information content (AvgIpc) is 3.15. The van der Waals surface area contributed by atoms with Crippen LogP contribution in [0.15, 0.2) is 30.9 Å². The Morgan fingerprint density at radius 3 is 2.49 bits per heavy atom. The number of alkyl halides is 1. The lowest BCUT2D eigenvalue weighted by molar-refractivity contribution is -0.128. The number of benzene rings is 1. The van der Waals surface area contributed by atoms with Gasteiger partial charge in [0.25, 0.3) is 5.91 Å². The Morgan fingerprint density at radius 2 is 1.83 bits per heavy atom. The molecule has 0 spiro atoms. The summed E-state index contributed by atoms with van der Waals surface area (Å²) < 4.78 is 50.0. The normalized spacial score (nSPS) is 24.3. The van der Waals surface area contributed by atoms with Crippen LogP contribution in [0.5, 0.6) is 5.75 Å². The van der Waals surface area contributed by atoms with E-state index in [0.29, 0.717) is 32.6 Å². The van der Waals surface area contributed by atoms with E-state index in [-0.39, 0.29) is 65.4 Å².